The molecule has 1 saturated heterocycles. The van der Waals surface area contributed by atoms with Crippen LogP contribution in [0.3, 0.4) is 0 Å². The highest BCUT2D eigenvalue weighted by Crippen LogP contribution is 2.14. The molecule has 1 aromatic carbocycles. The van der Waals surface area contributed by atoms with E-state index in [9.17, 15) is 15.0 Å². The second-order valence-electron chi connectivity index (χ2n) is 5.13. The highest BCUT2D eigenvalue weighted by Gasteiger charge is 2.32. The summed E-state index contributed by atoms with van der Waals surface area (Å²) < 4.78 is 0. The lowest BCUT2D eigenvalue weighted by molar-refractivity contribution is -0.130. The second-order valence-corrected chi connectivity index (χ2v) is 5.13. The van der Waals surface area contributed by atoms with E-state index in [0.717, 1.165) is 16.9 Å². The third-order valence-corrected chi connectivity index (χ3v) is 3.63. The Bertz CT molecular complexity index is 582. The molecule has 2 aromatic rings. The minimum atomic E-state index is -0.829. The van der Waals surface area contributed by atoms with Gasteiger partial charge in [-0.25, -0.2) is 4.98 Å². The zero-order valence-corrected chi connectivity index (χ0v) is 11.0. The second kappa shape index (κ2) is 5.22. The van der Waals surface area contributed by atoms with Gasteiger partial charge in [-0.3, -0.25) is 4.79 Å². The number of benzene rings is 1. The summed E-state index contributed by atoms with van der Waals surface area (Å²) in [4.78, 5) is 21.1. The number of amides is 1. The number of nitrogens with one attached hydrogen (secondary N) is 1. The summed E-state index contributed by atoms with van der Waals surface area (Å²) >= 11 is 0. The number of β-amino-alcohol motifs (C(OH)–C–C–N with tert-alkyl or cyclic N) is 2. The molecule has 1 amide bonds. The molecule has 2 heterocycles. The van der Waals surface area contributed by atoms with E-state index in [0.29, 0.717) is 12.8 Å². The van der Waals surface area contributed by atoms with Gasteiger partial charge in [-0.15, -0.1) is 0 Å². The first-order valence-electron chi connectivity index (χ1n) is 6.71. The summed E-state index contributed by atoms with van der Waals surface area (Å²) in [7, 11) is 0. The van der Waals surface area contributed by atoms with Gasteiger partial charge in [0.2, 0.25) is 5.91 Å². The molecule has 0 saturated carbocycles. The number of para-hydroxylation sites is 2. The van der Waals surface area contributed by atoms with Crippen LogP contribution in [0.2, 0.25) is 0 Å². The fraction of sp³-hybridized carbons (Fsp3) is 0.429. The number of aromatic amines is 1. The topological polar surface area (TPSA) is 89.5 Å². The largest absolute Gasteiger partial charge is 0.388 e. The van der Waals surface area contributed by atoms with Gasteiger partial charge in [0.05, 0.1) is 23.2 Å². The maximum absolute atomic E-state index is 12.0. The summed E-state index contributed by atoms with van der Waals surface area (Å²) in [5.41, 5.74) is 1.85. The molecule has 3 N–H and O–H groups in total. The van der Waals surface area contributed by atoms with Crippen molar-refractivity contribution in [2.24, 2.45) is 0 Å². The quantitative estimate of drug-likeness (QED) is 0.739. The Hall–Kier alpha value is -1.92. The number of carbonyl (C=O) groups excluding carboxylic acids is 1. The Labute approximate surface area is 116 Å². The number of aromatic nitrogens is 2. The number of carbonyl (C=O) groups is 1. The summed E-state index contributed by atoms with van der Waals surface area (Å²) in [5, 5.41) is 18.9. The minimum Gasteiger partial charge on any atom is -0.388 e. The van der Waals surface area contributed by atoms with Crippen molar-refractivity contribution in [1.29, 1.82) is 0 Å². The number of aliphatic hydroxyl groups is 2. The molecule has 3 rings (SSSR count). The SMILES string of the molecule is O=C(CCc1nc2ccccc2[nH]1)N1CC(O)C(O)C1. The zero-order valence-electron chi connectivity index (χ0n) is 11.0. The molecule has 6 heteroatoms. The van der Waals surface area contributed by atoms with Gasteiger partial charge in [-0.05, 0) is 12.1 Å². The Balaban J connectivity index is 1.60. The molecule has 106 valence electrons. The van der Waals surface area contributed by atoms with Crippen molar-refractivity contribution < 1.29 is 15.0 Å². The van der Waals surface area contributed by atoms with Crippen LogP contribution in [0, 0.1) is 0 Å². The van der Waals surface area contributed by atoms with Gasteiger partial charge in [0.15, 0.2) is 0 Å². The van der Waals surface area contributed by atoms with Gasteiger partial charge >= 0.3 is 0 Å². The van der Waals surface area contributed by atoms with E-state index < -0.39 is 12.2 Å². The van der Waals surface area contributed by atoms with Gasteiger partial charge in [0.1, 0.15) is 5.82 Å². The van der Waals surface area contributed by atoms with Crippen molar-refractivity contribution in [1.82, 2.24) is 14.9 Å². The molecular weight excluding hydrogens is 258 g/mol. The highest BCUT2D eigenvalue weighted by atomic mass is 16.3. The molecule has 0 aliphatic carbocycles. The lowest BCUT2D eigenvalue weighted by atomic mass is 10.2. The number of likely N-dealkylation sites (tertiary alicyclic amines) is 1. The normalized spacial score (nSPS) is 22.6. The van der Waals surface area contributed by atoms with Crippen LogP contribution >= 0.6 is 0 Å². The third kappa shape index (κ3) is 2.52. The van der Waals surface area contributed by atoms with E-state index >= 15 is 0 Å². The van der Waals surface area contributed by atoms with Crippen molar-refractivity contribution in [3.63, 3.8) is 0 Å². The average Bonchev–Trinajstić information content (AvgIpc) is 3.00. The molecule has 1 aliphatic rings. The van der Waals surface area contributed by atoms with Gasteiger partial charge in [0, 0.05) is 25.9 Å². The van der Waals surface area contributed by atoms with E-state index in [2.05, 4.69) is 9.97 Å². The summed E-state index contributed by atoms with van der Waals surface area (Å²) in [6, 6.07) is 7.72. The standard InChI is InChI=1S/C14H17N3O3/c18-11-7-17(8-12(11)19)14(20)6-5-13-15-9-3-1-2-4-10(9)16-13/h1-4,11-12,18-19H,5-8H2,(H,15,16). The molecule has 0 radical (unpaired) electrons. The lowest BCUT2D eigenvalue weighted by Gasteiger charge is -2.14. The van der Waals surface area contributed by atoms with Crippen molar-refractivity contribution in [2.45, 2.75) is 25.0 Å². The summed E-state index contributed by atoms with van der Waals surface area (Å²) in [6.07, 6.45) is -0.814. The van der Waals surface area contributed by atoms with E-state index in [1.54, 1.807) is 0 Å². The maximum atomic E-state index is 12.0. The minimum absolute atomic E-state index is 0.0685. The highest BCUT2D eigenvalue weighted by molar-refractivity contribution is 5.77. The number of fused-ring (bicyclic) bond motifs is 1. The van der Waals surface area contributed by atoms with E-state index in [4.69, 9.17) is 0 Å². The number of aryl methyl sites for hydroxylation is 1. The van der Waals surface area contributed by atoms with Gasteiger partial charge in [-0.2, -0.15) is 0 Å². The van der Waals surface area contributed by atoms with Crippen molar-refractivity contribution in [3.8, 4) is 0 Å². The molecule has 2 atom stereocenters. The predicted molar refractivity (Wildman–Crippen MR) is 73.0 cm³/mol. The van der Waals surface area contributed by atoms with Crippen LogP contribution in [0.4, 0.5) is 0 Å². The van der Waals surface area contributed by atoms with Crippen molar-refractivity contribution in [3.05, 3.63) is 30.1 Å². The van der Waals surface area contributed by atoms with Gasteiger partial charge in [-0.1, -0.05) is 12.1 Å². The fourth-order valence-corrected chi connectivity index (χ4v) is 2.48. The predicted octanol–water partition coefficient (Wildman–Crippen LogP) is 0.0595. The summed E-state index contributed by atoms with van der Waals surface area (Å²) in [6.45, 7) is 0.417. The zero-order chi connectivity index (χ0) is 14.1. The van der Waals surface area contributed by atoms with E-state index in [1.807, 2.05) is 24.3 Å². The van der Waals surface area contributed by atoms with Crippen LogP contribution in [-0.2, 0) is 11.2 Å². The van der Waals surface area contributed by atoms with Crippen molar-refractivity contribution in [2.75, 3.05) is 13.1 Å². The van der Waals surface area contributed by atoms with Crippen molar-refractivity contribution >= 4 is 16.9 Å². The number of rotatable bonds is 3. The first-order valence-corrected chi connectivity index (χ1v) is 6.71. The van der Waals surface area contributed by atoms with Crippen LogP contribution in [0.1, 0.15) is 12.2 Å². The first-order chi connectivity index (χ1) is 9.63. The maximum Gasteiger partial charge on any atom is 0.223 e. The lowest BCUT2D eigenvalue weighted by Crippen LogP contribution is -2.30. The number of hydrogen-bond acceptors (Lipinski definition) is 4. The smallest absolute Gasteiger partial charge is 0.223 e. The van der Waals surface area contributed by atoms with Crippen LogP contribution in [-0.4, -0.2) is 56.3 Å². The first kappa shape index (κ1) is 13.1. The number of imidazole rings is 1. The number of nitrogens with zero attached hydrogens (tertiary/aromatic N) is 2. The number of aliphatic hydroxyl groups excluding tert-OH is 2. The average molecular weight is 275 g/mol. The fourth-order valence-electron chi connectivity index (χ4n) is 2.48. The van der Waals surface area contributed by atoms with E-state index in [-0.39, 0.29) is 19.0 Å². The molecule has 6 nitrogen and oxygen atoms in total. The molecule has 0 spiro atoms. The molecule has 1 fully saturated rings. The molecule has 1 aromatic heterocycles. The molecule has 20 heavy (non-hydrogen) atoms. The third-order valence-electron chi connectivity index (χ3n) is 3.63. The van der Waals surface area contributed by atoms with Crippen LogP contribution in [0.5, 0.6) is 0 Å². The molecular formula is C14H17N3O3. The molecule has 1 aliphatic heterocycles. The van der Waals surface area contributed by atoms with Crippen LogP contribution in [0.15, 0.2) is 24.3 Å². The molecule has 0 bridgehead atoms. The van der Waals surface area contributed by atoms with Crippen LogP contribution < -0.4 is 0 Å². The molecule has 2 unspecified atom stereocenters. The Morgan fingerprint density at radius 3 is 2.70 bits per heavy atom. The van der Waals surface area contributed by atoms with Gasteiger partial charge in [0.25, 0.3) is 0 Å². The van der Waals surface area contributed by atoms with E-state index in [1.165, 1.54) is 4.90 Å². The Morgan fingerprint density at radius 1 is 1.30 bits per heavy atom. The monoisotopic (exact) mass is 275 g/mol. The number of H-pyrrole nitrogens is 1. The summed E-state index contributed by atoms with van der Waals surface area (Å²) in [5.74, 6) is 0.709. The van der Waals surface area contributed by atoms with Gasteiger partial charge < -0.3 is 20.1 Å². The van der Waals surface area contributed by atoms with Crippen LogP contribution in [0.25, 0.3) is 11.0 Å². The Kier molecular flexibility index (Phi) is 3.42. The Morgan fingerprint density at radius 2 is 2.00 bits per heavy atom. The number of hydrogen-bond donors (Lipinski definition) is 3.